The number of aromatic nitrogens is 2. The van der Waals surface area contributed by atoms with Crippen LogP contribution in [0.4, 0.5) is 5.82 Å². The Morgan fingerprint density at radius 3 is 2.57 bits per heavy atom. The van der Waals surface area contributed by atoms with Gasteiger partial charge in [0.1, 0.15) is 0 Å². The molecule has 0 spiro atoms. The molecule has 0 radical (unpaired) electrons. The van der Waals surface area contributed by atoms with E-state index in [-0.39, 0.29) is 18.1 Å². The van der Waals surface area contributed by atoms with Crippen molar-refractivity contribution >= 4 is 54.0 Å². The molecule has 1 heterocycles. The van der Waals surface area contributed by atoms with Gasteiger partial charge in [-0.1, -0.05) is 6.92 Å². The minimum absolute atomic E-state index is 0.171. The quantitative estimate of drug-likeness (QED) is 0.0855. The number of allylic oxidation sites excluding steroid dienone is 1. The number of ether oxygens (including phenoxy) is 1. The summed E-state index contributed by atoms with van der Waals surface area (Å²) in [7, 11) is 3.28. The van der Waals surface area contributed by atoms with E-state index in [0.717, 1.165) is 16.6 Å². The molecule has 0 unspecified atom stereocenters. The van der Waals surface area contributed by atoms with Gasteiger partial charge in [-0.25, -0.2) is 0 Å². The van der Waals surface area contributed by atoms with E-state index in [1.54, 1.807) is 27.9 Å². The van der Waals surface area contributed by atoms with Gasteiger partial charge in [0.2, 0.25) is 0 Å². The second-order valence-corrected chi connectivity index (χ2v) is 9.09. The Kier molecular flexibility index (Phi) is 10.5. The molecular formula is C26H33BN4O3S. The average molecular weight is 492 g/mol. The van der Waals surface area contributed by atoms with E-state index in [4.69, 9.17) is 9.72 Å². The van der Waals surface area contributed by atoms with Gasteiger partial charge in [0.15, 0.2) is 0 Å². The first-order valence-corrected chi connectivity index (χ1v) is 12.3. The van der Waals surface area contributed by atoms with Crippen LogP contribution in [0.2, 0.25) is 0 Å². The second kappa shape index (κ2) is 13.0. The number of nitrogens with zero attached hydrogens (tertiary/aromatic N) is 4. The van der Waals surface area contributed by atoms with Crippen molar-refractivity contribution in [3.05, 3.63) is 60.0 Å². The predicted molar refractivity (Wildman–Crippen MR) is 148 cm³/mol. The first kappa shape index (κ1) is 28.0. The van der Waals surface area contributed by atoms with Crippen molar-refractivity contribution in [1.29, 1.82) is 0 Å². The molecule has 0 saturated heterocycles. The summed E-state index contributed by atoms with van der Waals surface area (Å²) in [5.41, 5.74) is 3.05. The summed E-state index contributed by atoms with van der Waals surface area (Å²) in [6.07, 6.45) is 0.844. The molecule has 0 N–H and O–H groups in total. The monoisotopic (exact) mass is 492 g/mol. The van der Waals surface area contributed by atoms with Gasteiger partial charge < -0.3 is 0 Å². The fourth-order valence-corrected chi connectivity index (χ4v) is 4.16. The molecular weight excluding hydrogens is 459 g/mol. The number of amides is 1. The van der Waals surface area contributed by atoms with Gasteiger partial charge in [-0.15, -0.1) is 0 Å². The summed E-state index contributed by atoms with van der Waals surface area (Å²) >= 11 is 1.38. The maximum atomic E-state index is 12.8. The SMILES string of the molecule is C=Bc1cccc(Cn2c(SCC(=NC)OC(=C)CC)nc(N(C)C(=O)CC(=C)C)c2C(C)=O)c1. The molecule has 0 atom stereocenters. The first-order chi connectivity index (χ1) is 16.6. The summed E-state index contributed by atoms with van der Waals surface area (Å²) in [4.78, 5) is 36.0. The number of hydrogen-bond acceptors (Lipinski definition) is 6. The number of Topliss-reactive ketones (excluding diaryl/α,β-unsaturated/α-hetero) is 1. The molecule has 7 nitrogen and oxygen atoms in total. The van der Waals surface area contributed by atoms with Gasteiger partial charge in [-0.2, -0.15) is 0 Å². The molecule has 1 aromatic carbocycles. The van der Waals surface area contributed by atoms with Crippen molar-refractivity contribution in [2.24, 2.45) is 4.99 Å². The Morgan fingerprint density at radius 2 is 2.00 bits per heavy atom. The third-order valence-electron chi connectivity index (χ3n) is 5.15. The Hall–Kier alpha value is -3.20. The number of carbonyl (C=O) groups is 2. The van der Waals surface area contributed by atoms with Gasteiger partial charge in [-0.3, -0.25) is 0 Å². The predicted octanol–water partition coefficient (Wildman–Crippen LogP) is 3.89. The molecule has 0 fully saturated rings. The molecule has 35 heavy (non-hydrogen) atoms. The standard InChI is InChI=1S/C26H33BN4O3S/c1-9-18(4)34-22(28-7)16-35-26-29-25(30(8)23(33)13-17(2)3)24(19(5)32)31(26)15-20-11-10-12-21(14-20)27-6/h10-12,14H,2,4,6,9,13,15-16H2,1,3,5,7-8H3. The minimum atomic E-state index is -0.187. The van der Waals surface area contributed by atoms with Gasteiger partial charge in [0.05, 0.1) is 0 Å². The number of aliphatic imine (C=N–C) groups is 1. The number of ketones is 1. The van der Waals surface area contributed by atoms with E-state index in [1.165, 1.54) is 23.6 Å². The van der Waals surface area contributed by atoms with Crippen molar-refractivity contribution in [2.75, 3.05) is 24.7 Å². The third kappa shape index (κ3) is 7.65. The van der Waals surface area contributed by atoms with E-state index < -0.39 is 0 Å². The van der Waals surface area contributed by atoms with Crippen molar-refractivity contribution < 1.29 is 14.3 Å². The van der Waals surface area contributed by atoms with Gasteiger partial charge in [0, 0.05) is 0 Å². The third-order valence-corrected chi connectivity index (χ3v) is 6.11. The summed E-state index contributed by atoms with van der Waals surface area (Å²) in [6, 6.07) is 7.89. The summed E-state index contributed by atoms with van der Waals surface area (Å²) in [5.74, 6) is 1.45. The van der Waals surface area contributed by atoms with Gasteiger partial charge in [-0.05, 0) is 0 Å². The number of imidazole rings is 1. The number of anilines is 1. The fourth-order valence-electron chi connectivity index (χ4n) is 3.26. The zero-order chi connectivity index (χ0) is 26.1. The van der Waals surface area contributed by atoms with Gasteiger partial charge in [0.25, 0.3) is 0 Å². The molecule has 2 aromatic rings. The van der Waals surface area contributed by atoms with Crippen LogP contribution in [0, 0.1) is 0 Å². The normalized spacial score (nSPS) is 11.1. The zero-order valence-corrected chi connectivity index (χ0v) is 22.1. The van der Waals surface area contributed by atoms with E-state index in [1.807, 2.05) is 35.8 Å². The van der Waals surface area contributed by atoms with E-state index in [0.29, 0.717) is 47.0 Å². The van der Waals surface area contributed by atoms with Gasteiger partial charge >= 0.3 is 206 Å². The number of hydrogen-bond donors (Lipinski definition) is 0. The van der Waals surface area contributed by atoms with Crippen LogP contribution < -0.4 is 10.4 Å². The average Bonchev–Trinajstić information content (AvgIpc) is 3.18. The number of thioether (sulfide) groups is 1. The van der Waals surface area contributed by atoms with Crippen LogP contribution in [0.1, 0.15) is 49.7 Å². The Bertz CT molecular complexity index is 1170. The van der Waals surface area contributed by atoms with Crippen molar-refractivity contribution in [3.63, 3.8) is 0 Å². The molecule has 184 valence electrons. The molecule has 0 aliphatic rings. The zero-order valence-electron chi connectivity index (χ0n) is 21.3. The van der Waals surface area contributed by atoms with Crippen molar-refractivity contribution in [1.82, 2.24) is 9.55 Å². The summed E-state index contributed by atoms with van der Waals surface area (Å²) < 4.78 is 7.56. The number of rotatable bonds is 12. The summed E-state index contributed by atoms with van der Waals surface area (Å²) in [5, 5.41) is 0.580. The van der Waals surface area contributed by atoms with Crippen LogP contribution >= 0.6 is 11.8 Å². The van der Waals surface area contributed by atoms with E-state index >= 15 is 0 Å². The molecule has 9 heteroatoms. The Labute approximate surface area is 212 Å². The second-order valence-electron chi connectivity index (χ2n) is 8.15. The molecule has 0 saturated carbocycles. The Balaban J connectivity index is 2.54. The molecule has 0 aliphatic carbocycles. The molecule has 0 bridgehead atoms. The van der Waals surface area contributed by atoms with E-state index in [2.05, 4.69) is 24.6 Å². The fraction of sp³-hybridized carbons (Fsp3) is 0.346. The van der Waals surface area contributed by atoms with Crippen LogP contribution in [0.3, 0.4) is 0 Å². The first-order valence-electron chi connectivity index (χ1n) is 11.3. The number of carbonyl (C=O) groups excluding carboxylic acids is 2. The van der Waals surface area contributed by atoms with Crippen LogP contribution in [0.5, 0.6) is 0 Å². The Morgan fingerprint density at radius 1 is 1.29 bits per heavy atom. The van der Waals surface area contributed by atoms with E-state index in [9.17, 15) is 9.59 Å². The topological polar surface area (TPSA) is 76.8 Å². The molecule has 2 rings (SSSR count). The maximum absolute atomic E-state index is 12.8. The molecule has 1 aromatic heterocycles. The molecule has 1 amide bonds. The van der Waals surface area contributed by atoms with Crippen molar-refractivity contribution in [3.8, 4) is 0 Å². The van der Waals surface area contributed by atoms with Crippen molar-refractivity contribution in [2.45, 2.75) is 45.3 Å². The summed E-state index contributed by atoms with van der Waals surface area (Å²) in [6.45, 7) is 18.9. The van der Waals surface area contributed by atoms with Crippen LogP contribution in [0.25, 0.3) is 0 Å². The number of benzene rings is 1. The van der Waals surface area contributed by atoms with Crippen LogP contribution in [-0.2, 0) is 16.1 Å². The molecule has 0 aliphatic heterocycles. The van der Waals surface area contributed by atoms with Crippen LogP contribution in [-0.4, -0.2) is 60.4 Å². The van der Waals surface area contributed by atoms with Crippen LogP contribution in [0.15, 0.2) is 58.9 Å².